The number of amides is 1. The lowest BCUT2D eigenvalue weighted by Crippen LogP contribution is -2.41. The first-order chi connectivity index (χ1) is 10.7. The van der Waals surface area contributed by atoms with E-state index in [0.29, 0.717) is 19.0 Å². The summed E-state index contributed by atoms with van der Waals surface area (Å²) in [6.45, 7) is 3.90. The Hall–Kier alpha value is -0.710. The van der Waals surface area contributed by atoms with Gasteiger partial charge >= 0.3 is 0 Å². The molecule has 0 aliphatic carbocycles. The molecule has 1 aromatic carbocycles. The maximum Gasteiger partial charge on any atom is 0.222 e. The van der Waals surface area contributed by atoms with E-state index in [1.165, 1.54) is 24.6 Å². The van der Waals surface area contributed by atoms with E-state index in [1.807, 2.05) is 40.9 Å². The summed E-state index contributed by atoms with van der Waals surface area (Å²) >= 11 is 8.08. The van der Waals surface area contributed by atoms with E-state index >= 15 is 0 Å². The van der Waals surface area contributed by atoms with Crippen LogP contribution in [0.4, 0.5) is 0 Å². The van der Waals surface area contributed by atoms with Crippen LogP contribution in [0.1, 0.15) is 24.8 Å². The second kappa shape index (κ2) is 7.71. The minimum absolute atomic E-state index is 0.286. The van der Waals surface area contributed by atoms with Crippen LogP contribution in [-0.4, -0.2) is 52.9 Å². The second-order valence-corrected chi connectivity index (χ2v) is 7.74. The zero-order chi connectivity index (χ0) is 15.4. The number of hydrogen-bond acceptors (Lipinski definition) is 3. The van der Waals surface area contributed by atoms with Crippen molar-refractivity contribution in [2.45, 2.75) is 31.8 Å². The minimum atomic E-state index is 0.286. The lowest BCUT2D eigenvalue weighted by atomic mass is 10.1. The van der Waals surface area contributed by atoms with E-state index < -0.39 is 0 Å². The van der Waals surface area contributed by atoms with Crippen LogP contribution in [0.15, 0.2) is 24.3 Å². The van der Waals surface area contributed by atoms with Crippen molar-refractivity contribution in [2.24, 2.45) is 0 Å². The summed E-state index contributed by atoms with van der Waals surface area (Å²) in [5.41, 5.74) is 1.12. The Bertz CT molecular complexity index is 519. The Balaban J connectivity index is 1.60. The van der Waals surface area contributed by atoms with Crippen molar-refractivity contribution in [3.63, 3.8) is 0 Å². The van der Waals surface area contributed by atoms with E-state index in [9.17, 15) is 4.79 Å². The fraction of sp³-hybridized carbons (Fsp3) is 0.588. The first-order valence-corrected chi connectivity index (χ1v) is 9.59. The summed E-state index contributed by atoms with van der Waals surface area (Å²) in [6.07, 6.45) is 2.78. The van der Waals surface area contributed by atoms with Gasteiger partial charge in [0.2, 0.25) is 5.91 Å². The van der Waals surface area contributed by atoms with Crippen molar-refractivity contribution in [3.05, 3.63) is 34.9 Å². The average molecular weight is 339 g/mol. The molecule has 1 amide bonds. The molecule has 3 rings (SSSR count). The number of hydrogen-bond donors (Lipinski definition) is 0. The Labute approximate surface area is 142 Å². The molecule has 120 valence electrons. The summed E-state index contributed by atoms with van der Waals surface area (Å²) in [6, 6.07) is 8.41. The molecule has 2 fully saturated rings. The van der Waals surface area contributed by atoms with Crippen LogP contribution >= 0.6 is 23.4 Å². The summed E-state index contributed by atoms with van der Waals surface area (Å²) in [4.78, 5) is 17.0. The first-order valence-electron chi connectivity index (χ1n) is 8.06. The number of likely N-dealkylation sites (tertiary alicyclic amines) is 1. The third-order valence-corrected chi connectivity index (χ3v) is 5.78. The van der Waals surface area contributed by atoms with E-state index in [1.54, 1.807) is 0 Å². The molecule has 2 aliphatic heterocycles. The molecule has 0 bridgehead atoms. The van der Waals surface area contributed by atoms with Crippen LogP contribution in [0.2, 0.25) is 5.02 Å². The van der Waals surface area contributed by atoms with Crippen LogP contribution in [0.25, 0.3) is 0 Å². The van der Waals surface area contributed by atoms with E-state index in [-0.39, 0.29) is 5.91 Å². The van der Waals surface area contributed by atoms with Crippen LogP contribution in [-0.2, 0) is 11.3 Å². The normalized spacial score (nSPS) is 24.3. The standard InChI is InChI=1S/C17H23ClN2OS/c18-15-3-1-2-14(12-15)13-20-7-6-16(4-5-17(20)21)19-8-10-22-11-9-19/h1-3,12,16H,4-11,13H2. The molecule has 2 aliphatic rings. The number of benzene rings is 1. The second-order valence-electron chi connectivity index (χ2n) is 6.07. The van der Waals surface area contributed by atoms with E-state index in [4.69, 9.17) is 11.6 Å². The highest BCUT2D eigenvalue weighted by Crippen LogP contribution is 2.22. The summed E-state index contributed by atoms with van der Waals surface area (Å²) < 4.78 is 0. The topological polar surface area (TPSA) is 23.6 Å². The maximum atomic E-state index is 12.4. The maximum absolute atomic E-state index is 12.4. The Kier molecular flexibility index (Phi) is 5.66. The molecule has 3 nitrogen and oxygen atoms in total. The van der Waals surface area contributed by atoms with Gasteiger partial charge in [0.05, 0.1) is 0 Å². The van der Waals surface area contributed by atoms with Crippen molar-refractivity contribution >= 4 is 29.3 Å². The Morgan fingerprint density at radius 1 is 1.18 bits per heavy atom. The van der Waals surface area contributed by atoms with Crippen LogP contribution in [0, 0.1) is 0 Å². The molecule has 2 saturated heterocycles. The van der Waals surface area contributed by atoms with Crippen LogP contribution in [0.5, 0.6) is 0 Å². The predicted molar refractivity (Wildman–Crippen MR) is 93.4 cm³/mol. The molecule has 1 aromatic rings. The van der Waals surface area contributed by atoms with Crippen molar-refractivity contribution in [1.29, 1.82) is 0 Å². The summed E-state index contributed by atoms with van der Waals surface area (Å²) in [5, 5.41) is 0.739. The lowest BCUT2D eigenvalue weighted by Gasteiger charge is -2.33. The molecule has 5 heteroatoms. The highest BCUT2D eigenvalue weighted by atomic mass is 35.5. The van der Waals surface area contributed by atoms with Gasteiger partial charge in [-0.05, 0) is 30.5 Å². The van der Waals surface area contributed by atoms with Gasteiger partial charge < -0.3 is 4.90 Å². The van der Waals surface area contributed by atoms with Crippen molar-refractivity contribution in [3.8, 4) is 0 Å². The molecule has 0 N–H and O–H groups in total. The van der Waals surface area contributed by atoms with Gasteiger partial charge in [-0.25, -0.2) is 0 Å². The van der Waals surface area contributed by atoms with Gasteiger partial charge in [-0.15, -0.1) is 0 Å². The molecule has 0 spiro atoms. The number of halogens is 1. The molecule has 2 heterocycles. The Morgan fingerprint density at radius 2 is 2.00 bits per heavy atom. The van der Waals surface area contributed by atoms with Crippen LogP contribution in [0.3, 0.4) is 0 Å². The van der Waals surface area contributed by atoms with Gasteiger partial charge in [0.15, 0.2) is 0 Å². The first kappa shape index (κ1) is 16.2. The molecule has 1 atom stereocenters. The number of carbonyl (C=O) groups excluding carboxylic acids is 1. The highest BCUT2D eigenvalue weighted by Gasteiger charge is 2.27. The van der Waals surface area contributed by atoms with Crippen LogP contribution < -0.4 is 0 Å². The number of nitrogens with zero attached hydrogens (tertiary/aromatic N) is 2. The monoisotopic (exact) mass is 338 g/mol. The highest BCUT2D eigenvalue weighted by molar-refractivity contribution is 7.99. The van der Waals surface area contributed by atoms with E-state index in [2.05, 4.69) is 4.90 Å². The fourth-order valence-electron chi connectivity index (χ4n) is 3.35. The molecular weight excluding hydrogens is 316 g/mol. The van der Waals surface area contributed by atoms with Gasteiger partial charge in [-0.3, -0.25) is 9.69 Å². The quantitative estimate of drug-likeness (QED) is 0.845. The van der Waals surface area contributed by atoms with Gasteiger partial charge in [-0.1, -0.05) is 23.7 Å². The van der Waals surface area contributed by atoms with E-state index in [0.717, 1.165) is 30.0 Å². The summed E-state index contributed by atoms with van der Waals surface area (Å²) in [7, 11) is 0. The smallest absolute Gasteiger partial charge is 0.222 e. The fourth-order valence-corrected chi connectivity index (χ4v) is 4.50. The van der Waals surface area contributed by atoms with Crippen molar-refractivity contribution in [1.82, 2.24) is 9.80 Å². The zero-order valence-electron chi connectivity index (χ0n) is 12.8. The third-order valence-electron chi connectivity index (χ3n) is 4.60. The molecule has 1 unspecified atom stereocenters. The summed E-state index contributed by atoms with van der Waals surface area (Å²) in [5.74, 6) is 2.75. The van der Waals surface area contributed by atoms with Gasteiger partial charge in [-0.2, -0.15) is 11.8 Å². The van der Waals surface area contributed by atoms with Gasteiger partial charge in [0.25, 0.3) is 0 Å². The lowest BCUT2D eigenvalue weighted by molar-refractivity contribution is -0.131. The molecular formula is C17H23ClN2OS. The molecule has 0 aromatic heterocycles. The zero-order valence-corrected chi connectivity index (χ0v) is 14.4. The number of thioether (sulfide) groups is 1. The average Bonchev–Trinajstić information content (AvgIpc) is 2.71. The number of carbonyl (C=O) groups is 1. The molecule has 0 radical (unpaired) electrons. The largest absolute Gasteiger partial charge is 0.338 e. The third kappa shape index (κ3) is 4.18. The molecule has 0 saturated carbocycles. The van der Waals surface area contributed by atoms with Crippen molar-refractivity contribution < 1.29 is 4.79 Å². The number of rotatable bonds is 3. The predicted octanol–water partition coefficient (Wildman–Crippen LogP) is 3.27. The molecule has 22 heavy (non-hydrogen) atoms. The Morgan fingerprint density at radius 3 is 2.77 bits per heavy atom. The van der Waals surface area contributed by atoms with Gasteiger partial charge in [0.1, 0.15) is 0 Å². The van der Waals surface area contributed by atoms with Gasteiger partial charge in [0, 0.05) is 55.2 Å². The van der Waals surface area contributed by atoms with Crippen molar-refractivity contribution in [2.75, 3.05) is 31.1 Å². The minimum Gasteiger partial charge on any atom is -0.338 e. The SMILES string of the molecule is O=C1CCC(N2CCSCC2)CCN1Cc1cccc(Cl)c1.